The number of benzene rings is 1. The number of likely N-dealkylation sites (N-methyl/N-ethyl adjacent to an activating group) is 1. The van der Waals surface area contributed by atoms with E-state index in [0.717, 1.165) is 11.8 Å². The molecular formula is C31H41F3N8O4. The number of carbonyl (C=O) groups excluding carboxylic acids is 2. The van der Waals surface area contributed by atoms with Crippen LogP contribution in [-0.2, 0) is 4.79 Å². The van der Waals surface area contributed by atoms with Crippen molar-refractivity contribution in [3.8, 4) is 17.1 Å². The van der Waals surface area contributed by atoms with E-state index in [4.69, 9.17) is 9.52 Å². The zero-order valence-corrected chi connectivity index (χ0v) is 26.8. The Morgan fingerprint density at radius 3 is 2.41 bits per heavy atom. The lowest BCUT2D eigenvalue weighted by molar-refractivity contribution is -0.115. The molecule has 3 aromatic heterocycles. The summed E-state index contributed by atoms with van der Waals surface area (Å²) in [5.74, 6) is -0.521. The molecule has 0 saturated heterocycles. The van der Waals surface area contributed by atoms with Gasteiger partial charge in [-0.05, 0) is 38.2 Å². The Balaban J connectivity index is 0.00000177. The van der Waals surface area contributed by atoms with E-state index in [1.807, 2.05) is 63.8 Å². The summed E-state index contributed by atoms with van der Waals surface area (Å²) in [4.78, 5) is 36.5. The zero-order valence-electron chi connectivity index (χ0n) is 26.8. The van der Waals surface area contributed by atoms with Gasteiger partial charge in [0, 0.05) is 31.4 Å². The predicted molar refractivity (Wildman–Crippen MR) is 171 cm³/mol. The van der Waals surface area contributed by atoms with Crippen molar-refractivity contribution in [3.63, 3.8) is 0 Å². The highest BCUT2D eigenvalue weighted by atomic mass is 19.4. The molecule has 12 nitrogen and oxygen atoms in total. The Morgan fingerprint density at radius 2 is 1.78 bits per heavy atom. The van der Waals surface area contributed by atoms with Gasteiger partial charge in [0.25, 0.3) is 5.91 Å². The Morgan fingerprint density at radius 1 is 1.09 bits per heavy atom. The van der Waals surface area contributed by atoms with Crippen LogP contribution < -0.4 is 15.5 Å². The molecule has 250 valence electrons. The third-order valence-electron chi connectivity index (χ3n) is 6.06. The summed E-state index contributed by atoms with van der Waals surface area (Å²) in [7, 11) is 1.80. The molecule has 0 aliphatic carbocycles. The molecule has 0 radical (unpaired) electrons. The second-order valence-corrected chi connectivity index (χ2v) is 9.36. The molecule has 0 bridgehead atoms. The number of oxazole rings is 1. The largest absolute Gasteiger partial charge is 0.444 e. The Hall–Kier alpha value is -4.76. The molecule has 3 heterocycles. The van der Waals surface area contributed by atoms with Crippen LogP contribution in [-0.4, -0.2) is 88.1 Å². The van der Waals surface area contributed by atoms with Crippen LogP contribution in [0, 0.1) is 6.92 Å². The highest BCUT2D eigenvalue weighted by Crippen LogP contribution is 2.27. The molecule has 0 saturated carbocycles. The van der Waals surface area contributed by atoms with Crippen molar-refractivity contribution < 1.29 is 32.3 Å². The third-order valence-corrected chi connectivity index (χ3v) is 6.06. The van der Waals surface area contributed by atoms with Gasteiger partial charge in [0.05, 0.1) is 18.5 Å². The van der Waals surface area contributed by atoms with Gasteiger partial charge in [0.15, 0.2) is 11.5 Å². The van der Waals surface area contributed by atoms with E-state index in [0.29, 0.717) is 30.8 Å². The van der Waals surface area contributed by atoms with Crippen LogP contribution in [0.4, 0.5) is 30.5 Å². The first kappa shape index (κ1) is 37.4. The molecule has 0 fully saturated rings. The van der Waals surface area contributed by atoms with Gasteiger partial charge in [-0.2, -0.15) is 13.2 Å². The lowest BCUT2D eigenvalue weighted by atomic mass is 10.2. The van der Waals surface area contributed by atoms with Crippen molar-refractivity contribution in [1.29, 1.82) is 0 Å². The summed E-state index contributed by atoms with van der Waals surface area (Å²) in [6.07, 6.45) is 0.141. The summed E-state index contributed by atoms with van der Waals surface area (Å²) < 4.78 is 44.6. The van der Waals surface area contributed by atoms with Gasteiger partial charge < -0.3 is 25.1 Å². The molecule has 0 atom stereocenters. The van der Waals surface area contributed by atoms with E-state index in [2.05, 4.69) is 25.7 Å². The lowest BCUT2D eigenvalue weighted by Gasteiger charge is -2.21. The molecule has 0 aliphatic rings. The summed E-state index contributed by atoms with van der Waals surface area (Å²) in [6.45, 7) is 9.72. The average Bonchev–Trinajstić information content (AvgIpc) is 3.71. The van der Waals surface area contributed by atoms with Crippen LogP contribution in [0.15, 0.2) is 59.5 Å². The first-order valence-electron chi connectivity index (χ1n) is 14.8. The molecule has 15 heteroatoms. The molecule has 0 spiro atoms. The number of nitrogens with one attached hydrogen (secondary N) is 2. The third kappa shape index (κ3) is 11.0. The van der Waals surface area contributed by atoms with Crippen LogP contribution in [0.3, 0.4) is 0 Å². The van der Waals surface area contributed by atoms with E-state index in [9.17, 15) is 22.8 Å². The van der Waals surface area contributed by atoms with Crippen LogP contribution in [0.5, 0.6) is 0 Å². The number of rotatable bonds is 13. The number of amides is 2. The van der Waals surface area contributed by atoms with Crippen molar-refractivity contribution in [2.24, 2.45) is 0 Å². The minimum absolute atomic E-state index is 0.00498. The van der Waals surface area contributed by atoms with Gasteiger partial charge in [-0.25, -0.2) is 14.6 Å². The fourth-order valence-electron chi connectivity index (χ4n) is 3.81. The maximum absolute atomic E-state index is 13.2. The monoisotopic (exact) mass is 646 g/mol. The van der Waals surface area contributed by atoms with Crippen molar-refractivity contribution in [2.75, 3.05) is 55.4 Å². The van der Waals surface area contributed by atoms with E-state index in [1.165, 1.54) is 27.9 Å². The highest BCUT2D eigenvalue weighted by molar-refractivity contribution is 6.05. The molecule has 0 aliphatic heterocycles. The summed E-state index contributed by atoms with van der Waals surface area (Å²) in [6, 6.07) is 10.3. The van der Waals surface area contributed by atoms with Crippen molar-refractivity contribution in [2.45, 2.75) is 40.8 Å². The fourth-order valence-corrected chi connectivity index (χ4v) is 3.81. The minimum atomic E-state index is -4.42. The van der Waals surface area contributed by atoms with Crippen LogP contribution in [0.2, 0.25) is 0 Å². The number of aryl methyl sites for hydroxylation is 1. The van der Waals surface area contributed by atoms with Crippen molar-refractivity contribution >= 4 is 29.6 Å². The number of pyridine rings is 1. The number of halogens is 3. The van der Waals surface area contributed by atoms with Crippen LogP contribution in [0.1, 0.15) is 43.7 Å². The molecule has 46 heavy (non-hydrogen) atoms. The maximum atomic E-state index is 13.2. The normalized spacial score (nSPS) is 10.8. The van der Waals surface area contributed by atoms with Gasteiger partial charge in [-0.15, -0.1) is 5.10 Å². The van der Waals surface area contributed by atoms with E-state index in [-0.39, 0.29) is 42.1 Å². The SMILES string of the molecule is CC.CC.Cc1ccc(-n2cc(NC(=O)c3coc(-c4ccnc(NCC(F)(F)F)c4)n3)c(N(C=O)CCN(C)CCO)n2)cc1. The van der Waals surface area contributed by atoms with Crippen molar-refractivity contribution in [3.05, 3.63) is 66.3 Å². The Labute approximate surface area is 266 Å². The number of aliphatic hydroxyl groups excluding tert-OH is 1. The molecule has 0 unspecified atom stereocenters. The molecule has 4 rings (SSSR count). The standard InChI is InChI=1S/C27H29F3N8O4.2C2H6/c1-18-3-5-20(6-4-18)38-14-21(24(35-38)37(17-40)10-9-36(2)11-12-39)33-25(41)22-15-42-26(34-22)19-7-8-31-23(13-19)32-16-27(28,29)30;2*1-2/h3-8,13-15,17,39H,9-12,16H2,1-2H3,(H,31,32)(H,33,41);2*1-2H3. The van der Waals surface area contributed by atoms with E-state index in [1.54, 1.807) is 13.2 Å². The van der Waals surface area contributed by atoms with Gasteiger partial charge >= 0.3 is 6.18 Å². The molecule has 3 N–H and O–H groups in total. The Kier molecular flexibility index (Phi) is 14.9. The summed E-state index contributed by atoms with van der Waals surface area (Å²) >= 11 is 0. The van der Waals surface area contributed by atoms with Crippen LogP contribution in [0.25, 0.3) is 17.1 Å². The predicted octanol–water partition coefficient (Wildman–Crippen LogP) is 5.40. The van der Waals surface area contributed by atoms with Gasteiger partial charge in [-0.1, -0.05) is 45.4 Å². The lowest BCUT2D eigenvalue weighted by Crippen LogP contribution is -2.34. The number of nitrogens with zero attached hydrogens (tertiary/aromatic N) is 6. The first-order chi connectivity index (χ1) is 22.1. The number of carbonyl (C=O) groups is 2. The minimum Gasteiger partial charge on any atom is -0.444 e. The number of hydrogen-bond donors (Lipinski definition) is 3. The number of anilines is 3. The number of aliphatic hydroxyl groups is 1. The van der Waals surface area contributed by atoms with E-state index < -0.39 is 18.6 Å². The number of hydrogen-bond acceptors (Lipinski definition) is 9. The summed E-state index contributed by atoms with van der Waals surface area (Å²) in [5, 5.41) is 18.6. The second-order valence-electron chi connectivity index (χ2n) is 9.36. The highest BCUT2D eigenvalue weighted by Gasteiger charge is 2.27. The molecule has 1 aromatic carbocycles. The van der Waals surface area contributed by atoms with Gasteiger partial charge in [0.2, 0.25) is 12.3 Å². The Bertz CT molecular complexity index is 1510. The molecule has 2 amide bonds. The molecule has 4 aromatic rings. The van der Waals surface area contributed by atoms with Gasteiger partial charge in [0.1, 0.15) is 24.3 Å². The van der Waals surface area contributed by atoms with Gasteiger partial charge in [-0.3, -0.25) is 14.5 Å². The average molecular weight is 647 g/mol. The van der Waals surface area contributed by atoms with Crippen LogP contribution >= 0.6 is 0 Å². The topological polar surface area (TPSA) is 142 Å². The fraction of sp³-hybridized carbons (Fsp3) is 0.387. The number of alkyl halides is 3. The second kappa shape index (κ2) is 18.3. The zero-order chi connectivity index (χ0) is 34.3. The van der Waals surface area contributed by atoms with Crippen molar-refractivity contribution in [1.82, 2.24) is 24.6 Å². The molecular weight excluding hydrogens is 605 g/mol. The number of aromatic nitrogens is 4. The first-order valence-corrected chi connectivity index (χ1v) is 14.8. The quantitative estimate of drug-likeness (QED) is 0.163. The van der Waals surface area contributed by atoms with E-state index >= 15 is 0 Å². The maximum Gasteiger partial charge on any atom is 0.405 e. The smallest absolute Gasteiger partial charge is 0.405 e. The summed E-state index contributed by atoms with van der Waals surface area (Å²) in [5.41, 5.74) is 2.16.